The maximum absolute atomic E-state index is 3.15. The first kappa shape index (κ1) is 10.2. The monoisotopic (exact) mass is 216 g/mol. The molecular formula is C14H20N2. The highest BCUT2D eigenvalue weighted by atomic mass is 15.1. The Bertz CT molecular complexity index is 373. The number of nitrogens with zero attached hydrogens (tertiary/aromatic N) is 1. The summed E-state index contributed by atoms with van der Waals surface area (Å²) < 4.78 is 0. The Kier molecular flexibility index (Phi) is 2.60. The van der Waals surface area contributed by atoms with Crippen LogP contribution in [-0.4, -0.2) is 29.5 Å². The molecule has 1 atom stereocenters. The highest BCUT2D eigenvalue weighted by molar-refractivity contribution is 5.67. The van der Waals surface area contributed by atoms with Crippen molar-refractivity contribution < 1.29 is 0 Å². The van der Waals surface area contributed by atoms with E-state index in [0.717, 1.165) is 12.5 Å². The maximum Gasteiger partial charge on any atom is 0.0237 e. The van der Waals surface area contributed by atoms with Crippen LogP contribution in [-0.2, 0) is 0 Å². The highest BCUT2D eigenvalue weighted by Crippen LogP contribution is 2.32. The molecule has 0 aromatic carbocycles. The second kappa shape index (κ2) is 4.10. The third-order valence-corrected chi connectivity index (χ3v) is 3.61. The van der Waals surface area contributed by atoms with Gasteiger partial charge in [-0.15, -0.1) is 0 Å². The van der Waals surface area contributed by atoms with Crippen LogP contribution in [0, 0.1) is 11.8 Å². The lowest BCUT2D eigenvalue weighted by Gasteiger charge is -2.30. The molecular weight excluding hydrogens is 196 g/mol. The number of hydrogen-bond acceptors (Lipinski definition) is 1. The van der Waals surface area contributed by atoms with Gasteiger partial charge in [0.1, 0.15) is 0 Å². The second-order valence-corrected chi connectivity index (χ2v) is 5.41. The van der Waals surface area contributed by atoms with Crippen molar-refractivity contribution in [3.8, 4) is 0 Å². The maximum atomic E-state index is 3.15. The van der Waals surface area contributed by atoms with Gasteiger partial charge in [0.15, 0.2) is 0 Å². The number of rotatable bonds is 3. The largest absolute Gasteiger partial charge is 0.367 e. The van der Waals surface area contributed by atoms with Crippen LogP contribution in [0.2, 0.25) is 0 Å². The fourth-order valence-corrected chi connectivity index (χ4v) is 2.68. The van der Waals surface area contributed by atoms with Crippen molar-refractivity contribution >= 4 is 5.57 Å². The van der Waals surface area contributed by atoms with Gasteiger partial charge in [-0.25, -0.2) is 0 Å². The fourth-order valence-electron chi connectivity index (χ4n) is 2.68. The summed E-state index contributed by atoms with van der Waals surface area (Å²) in [6.45, 7) is 6.01. The van der Waals surface area contributed by atoms with Crippen molar-refractivity contribution in [1.29, 1.82) is 0 Å². The minimum absolute atomic E-state index is 0.692. The van der Waals surface area contributed by atoms with Gasteiger partial charge >= 0.3 is 0 Å². The van der Waals surface area contributed by atoms with Gasteiger partial charge in [0, 0.05) is 32.0 Å². The summed E-state index contributed by atoms with van der Waals surface area (Å²) in [6, 6.07) is 2.18. The summed E-state index contributed by atoms with van der Waals surface area (Å²) in [6.07, 6.45) is 9.47. The lowest BCUT2D eigenvalue weighted by atomic mass is 9.97. The molecule has 1 aliphatic carbocycles. The Balaban J connectivity index is 1.72. The summed E-state index contributed by atoms with van der Waals surface area (Å²) >= 11 is 0. The van der Waals surface area contributed by atoms with E-state index in [-0.39, 0.29) is 0 Å². The number of aromatic amines is 1. The van der Waals surface area contributed by atoms with Gasteiger partial charge in [0.25, 0.3) is 0 Å². The molecule has 86 valence electrons. The third kappa shape index (κ3) is 2.22. The Morgan fingerprint density at radius 2 is 2.31 bits per heavy atom. The van der Waals surface area contributed by atoms with E-state index >= 15 is 0 Å². The number of hydrogen-bond donors (Lipinski definition) is 1. The average molecular weight is 216 g/mol. The molecule has 2 heteroatoms. The molecule has 2 heterocycles. The molecule has 2 nitrogen and oxygen atoms in total. The quantitative estimate of drug-likeness (QED) is 0.823. The summed E-state index contributed by atoms with van der Waals surface area (Å²) in [7, 11) is 0. The van der Waals surface area contributed by atoms with E-state index in [1.165, 1.54) is 37.1 Å². The molecule has 1 unspecified atom stereocenters. The molecule has 2 aliphatic rings. The summed E-state index contributed by atoms with van der Waals surface area (Å²) in [5.41, 5.74) is 2.87. The van der Waals surface area contributed by atoms with E-state index in [2.05, 4.69) is 35.1 Å². The minimum Gasteiger partial charge on any atom is -0.367 e. The first-order valence-electron chi connectivity index (χ1n) is 6.37. The molecule has 3 rings (SSSR count). The van der Waals surface area contributed by atoms with E-state index in [4.69, 9.17) is 0 Å². The standard InChI is InChI=1S/C14H20N2/c1-11-6-14(13-4-5-15-7-13)10-16(8-11)9-12-2-3-12/h4-7,11-12,15H,2-3,8-10H2,1H3. The van der Waals surface area contributed by atoms with Gasteiger partial charge in [0.05, 0.1) is 0 Å². The summed E-state index contributed by atoms with van der Waals surface area (Å²) in [5.74, 6) is 1.69. The fraction of sp³-hybridized carbons (Fsp3) is 0.571. The van der Waals surface area contributed by atoms with Crippen molar-refractivity contribution in [2.24, 2.45) is 11.8 Å². The second-order valence-electron chi connectivity index (χ2n) is 5.41. The zero-order chi connectivity index (χ0) is 11.0. The zero-order valence-electron chi connectivity index (χ0n) is 9.95. The first-order valence-corrected chi connectivity index (χ1v) is 6.37. The number of H-pyrrole nitrogens is 1. The summed E-state index contributed by atoms with van der Waals surface area (Å²) in [4.78, 5) is 5.78. The number of aromatic nitrogens is 1. The molecule has 0 spiro atoms. The molecule has 0 amide bonds. The van der Waals surface area contributed by atoms with Gasteiger partial charge in [-0.05, 0) is 41.9 Å². The van der Waals surface area contributed by atoms with Gasteiger partial charge in [0.2, 0.25) is 0 Å². The van der Waals surface area contributed by atoms with Crippen LogP contribution < -0.4 is 0 Å². The molecule has 1 aliphatic heterocycles. The average Bonchev–Trinajstić information content (AvgIpc) is 2.90. The van der Waals surface area contributed by atoms with Crippen LogP contribution in [0.4, 0.5) is 0 Å². The SMILES string of the molecule is CC1C=C(c2cc[nH]c2)CN(CC2CC2)C1. The van der Waals surface area contributed by atoms with E-state index in [1.807, 2.05) is 6.20 Å². The lowest BCUT2D eigenvalue weighted by Crippen LogP contribution is -2.34. The molecule has 0 bridgehead atoms. The third-order valence-electron chi connectivity index (χ3n) is 3.61. The highest BCUT2D eigenvalue weighted by Gasteiger charge is 2.27. The van der Waals surface area contributed by atoms with Crippen molar-refractivity contribution in [3.05, 3.63) is 30.1 Å². The van der Waals surface area contributed by atoms with Crippen LogP contribution in [0.1, 0.15) is 25.3 Å². The topological polar surface area (TPSA) is 19.0 Å². The van der Waals surface area contributed by atoms with E-state index < -0.39 is 0 Å². The smallest absolute Gasteiger partial charge is 0.0237 e. The predicted molar refractivity (Wildman–Crippen MR) is 67.1 cm³/mol. The van der Waals surface area contributed by atoms with Crippen LogP contribution in [0.3, 0.4) is 0 Å². The first-order chi connectivity index (χ1) is 7.81. The van der Waals surface area contributed by atoms with Crippen LogP contribution in [0.25, 0.3) is 5.57 Å². The molecule has 16 heavy (non-hydrogen) atoms. The molecule has 0 radical (unpaired) electrons. The predicted octanol–water partition coefficient (Wildman–Crippen LogP) is 2.76. The Morgan fingerprint density at radius 1 is 1.44 bits per heavy atom. The van der Waals surface area contributed by atoms with E-state index in [9.17, 15) is 0 Å². The van der Waals surface area contributed by atoms with Gasteiger partial charge in [-0.3, -0.25) is 4.90 Å². The molecule has 1 aromatic heterocycles. The Hall–Kier alpha value is -1.02. The van der Waals surface area contributed by atoms with Crippen molar-refractivity contribution in [3.63, 3.8) is 0 Å². The normalized spacial score (nSPS) is 26.8. The van der Waals surface area contributed by atoms with Gasteiger partial charge < -0.3 is 4.98 Å². The van der Waals surface area contributed by atoms with Gasteiger partial charge in [-0.2, -0.15) is 0 Å². The van der Waals surface area contributed by atoms with Crippen LogP contribution in [0.5, 0.6) is 0 Å². The number of nitrogens with one attached hydrogen (secondary N) is 1. The van der Waals surface area contributed by atoms with Crippen molar-refractivity contribution in [2.45, 2.75) is 19.8 Å². The molecule has 0 saturated heterocycles. The van der Waals surface area contributed by atoms with E-state index in [1.54, 1.807) is 0 Å². The Labute approximate surface area is 97.3 Å². The lowest BCUT2D eigenvalue weighted by molar-refractivity contribution is 0.262. The molecule has 1 aromatic rings. The van der Waals surface area contributed by atoms with E-state index in [0.29, 0.717) is 5.92 Å². The van der Waals surface area contributed by atoms with Crippen molar-refractivity contribution in [2.75, 3.05) is 19.6 Å². The molecule has 1 N–H and O–H groups in total. The van der Waals surface area contributed by atoms with Gasteiger partial charge in [-0.1, -0.05) is 13.0 Å². The zero-order valence-corrected chi connectivity index (χ0v) is 9.95. The Morgan fingerprint density at radius 3 is 3.00 bits per heavy atom. The van der Waals surface area contributed by atoms with Crippen LogP contribution >= 0.6 is 0 Å². The summed E-state index contributed by atoms with van der Waals surface area (Å²) in [5, 5.41) is 0. The minimum atomic E-state index is 0.692. The van der Waals surface area contributed by atoms with Crippen LogP contribution in [0.15, 0.2) is 24.5 Å². The molecule has 1 saturated carbocycles. The molecule has 1 fully saturated rings. The van der Waals surface area contributed by atoms with Crippen molar-refractivity contribution in [1.82, 2.24) is 9.88 Å².